The molecule has 1 saturated heterocycles. The Morgan fingerprint density at radius 1 is 1.06 bits per heavy atom. The molecule has 5 nitrogen and oxygen atoms in total. The Kier molecular flexibility index (Phi) is 6.46. The van der Waals surface area contributed by atoms with Gasteiger partial charge in [0.1, 0.15) is 15.7 Å². The van der Waals surface area contributed by atoms with Crippen LogP contribution in [-0.2, 0) is 17.0 Å². The number of ether oxygens (including phenoxy) is 1. The maximum absolute atomic E-state index is 9.23. The van der Waals surface area contributed by atoms with Crippen molar-refractivity contribution in [2.24, 2.45) is 0 Å². The quantitative estimate of drug-likeness (QED) is 0.287. The number of thioether (sulfide) groups is 1. The zero-order chi connectivity index (χ0) is 21.8. The highest BCUT2D eigenvalue weighted by Crippen LogP contribution is 2.39. The average molecular weight is 459 g/mol. The molecule has 2 aromatic heterocycles. The molecule has 160 valence electrons. The SMILES string of the molecule is N#Cc1cccc(CSc2nc(CN3CCOCC3)nc3scc(-c4ccccc4)c23)c1. The van der Waals surface area contributed by atoms with Crippen LogP contribution in [0.5, 0.6) is 0 Å². The average Bonchev–Trinajstić information content (AvgIpc) is 3.28. The zero-order valence-corrected chi connectivity index (χ0v) is 19.2. The molecule has 32 heavy (non-hydrogen) atoms. The molecule has 0 radical (unpaired) electrons. The van der Waals surface area contributed by atoms with Crippen molar-refractivity contribution < 1.29 is 4.74 Å². The van der Waals surface area contributed by atoms with Crippen molar-refractivity contribution in [3.05, 3.63) is 76.9 Å². The van der Waals surface area contributed by atoms with Crippen LogP contribution in [0.15, 0.2) is 65.0 Å². The molecule has 1 fully saturated rings. The van der Waals surface area contributed by atoms with E-state index in [0.29, 0.717) is 5.56 Å². The molecule has 0 N–H and O–H groups in total. The van der Waals surface area contributed by atoms with Gasteiger partial charge in [-0.15, -0.1) is 23.1 Å². The lowest BCUT2D eigenvalue weighted by molar-refractivity contribution is 0.0330. The van der Waals surface area contributed by atoms with Crippen molar-refractivity contribution in [3.8, 4) is 17.2 Å². The highest BCUT2D eigenvalue weighted by atomic mass is 32.2. The van der Waals surface area contributed by atoms with Gasteiger partial charge in [-0.25, -0.2) is 9.97 Å². The largest absolute Gasteiger partial charge is 0.379 e. The third-order valence-electron chi connectivity index (χ3n) is 5.43. The summed E-state index contributed by atoms with van der Waals surface area (Å²) in [6, 6.07) is 20.4. The number of nitrogens with zero attached hydrogens (tertiary/aromatic N) is 4. The van der Waals surface area contributed by atoms with E-state index in [-0.39, 0.29) is 0 Å². The fraction of sp³-hybridized carbons (Fsp3) is 0.240. The molecule has 2 aromatic carbocycles. The molecule has 4 aromatic rings. The maximum Gasteiger partial charge on any atom is 0.145 e. The lowest BCUT2D eigenvalue weighted by Crippen LogP contribution is -2.36. The minimum absolute atomic E-state index is 0.685. The lowest BCUT2D eigenvalue weighted by Gasteiger charge is -2.25. The zero-order valence-electron chi connectivity index (χ0n) is 17.5. The first-order chi connectivity index (χ1) is 15.8. The Hall–Kier alpha value is -2.76. The standard InChI is InChI=1S/C25H22N4OS2/c26-14-18-5-4-6-19(13-18)16-31-24-23-21(20-7-2-1-3-8-20)17-32-25(23)28-22(27-24)15-29-9-11-30-12-10-29/h1-8,13,17H,9-12,15-16H2. The Bertz CT molecular complexity index is 1260. The van der Waals surface area contributed by atoms with Gasteiger partial charge in [0.15, 0.2) is 0 Å². The summed E-state index contributed by atoms with van der Waals surface area (Å²) in [6.45, 7) is 4.07. The topological polar surface area (TPSA) is 62.0 Å². The van der Waals surface area contributed by atoms with Crippen molar-refractivity contribution in [1.29, 1.82) is 5.26 Å². The number of thiophene rings is 1. The van der Waals surface area contributed by atoms with E-state index in [0.717, 1.165) is 65.2 Å². The van der Waals surface area contributed by atoms with E-state index in [1.807, 2.05) is 24.3 Å². The number of aromatic nitrogens is 2. The summed E-state index contributed by atoms with van der Waals surface area (Å²) in [5, 5.41) is 13.5. The summed E-state index contributed by atoms with van der Waals surface area (Å²) in [5.41, 5.74) is 4.16. The van der Waals surface area contributed by atoms with Crippen molar-refractivity contribution in [2.45, 2.75) is 17.3 Å². The van der Waals surface area contributed by atoms with Crippen molar-refractivity contribution in [1.82, 2.24) is 14.9 Å². The second kappa shape index (κ2) is 9.80. The third-order valence-corrected chi connectivity index (χ3v) is 7.35. The van der Waals surface area contributed by atoms with Gasteiger partial charge in [-0.2, -0.15) is 5.26 Å². The van der Waals surface area contributed by atoms with E-state index in [1.54, 1.807) is 23.1 Å². The molecule has 1 aliphatic rings. The van der Waals surface area contributed by atoms with E-state index in [9.17, 15) is 5.26 Å². The Balaban J connectivity index is 1.51. The van der Waals surface area contributed by atoms with Crippen LogP contribution >= 0.6 is 23.1 Å². The highest BCUT2D eigenvalue weighted by molar-refractivity contribution is 7.98. The summed E-state index contributed by atoms with van der Waals surface area (Å²) < 4.78 is 5.48. The van der Waals surface area contributed by atoms with Crippen LogP contribution in [0.1, 0.15) is 17.0 Å². The molecule has 0 unspecified atom stereocenters. The summed E-state index contributed by atoms with van der Waals surface area (Å²) in [5.74, 6) is 1.61. The fourth-order valence-electron chi connectivity index (χ4n) is 3.80. The van der Waals surface area contributed by atoms with Crippen LogP contribution < -0.4 is 0 Å². The van der Waals surface area contributed by atoms with Crippen LogP contribution in [0.4, 0.5) is 0 Å². The molecule has 5 rings (SSSR count). The first-order valence-corrected chi connectivity index (χ1v) is 12.4. The fourth-order valence-corrected chi connectivity index (χ4v) is 5.83. The number of fused-ring (bicyclic) bond motifs is 1. The molecule has 0 saturated carbocycles. The highest BCUT2D eigenvalue weighted by Gasteiger charge is 2.18. The van der Waals surface area contributed by atoms with Gasteiger partial charge >= 0.3 is 0 Å². The van der Waals surface area contributed by atoms with Gasteiger partial charge in [0.2, 0.25) is 0 Å². The third kappa shape index (κ3) is 4.69. The van der Waals surface area contributed by atoms with Gasteiger partial charge in [-0.3, -0.25) is 4.90 Å². The van der Waals surface area contributed by atoms with Gasteiger partial charge in [0, 0.05) is 29.8 Å². The summed E-state index contributed by atoms with van der Waals surface area (Å²) in [6.07, 6.45) is 0. The molecule has 7 heteroatoms. The first kappa shape index (κ1) is 21.1. The predicted molar refractivity (Wildman–Crippen MR) is 130 cm³/mol. The lowest BCUT2D eigenvalue weighted by atomic mass is 10.1. The van der Waals surface area contributed by atoms with E-state index in [4.69, 9.17) is 14.7 Å². The molecule has 0 aliphatic carbocycles. The first-order valence-electron chi connectivity index (χ1n) is 10.6. The maximum atomic E-state index is 9.23. The Morgan fingerprint density at radius 3 is 2.72 bits per heavy atom. The predicted octanol–water partition coefficient (Wildman–Crippen LogP) is 5.35. The Morgan fingerprint density at radius 2 is 1.91 bits per heavy atom. The second-order valence-electron chi connectivity index (χ2n) is 7.63. The molecule has 0 amide bonds. The van der Waals surface area contributed by atoms with Gasteiger partial charge in [0.25, 0.3) is 0 Å². The van der Waals surface area contributed by atoms with Crippen LogP contribution in [-0.4, -0.2) is 41.2 Å². The summed E-state index contributed by atoms with van der Waals surface area (Å²) in [4.78, 5) is 13.3. The molecular formula is C25H22N4OS2. The van der Waals surface area contributed by atoms with Gasteiger partial charge < -0.3 is 4.74 Å². The Labute approximate surface area is 195 Å². The number of nitriles is 1. The number of hydrogen-bond acceptors (Lipinski definition) is 7. The van der Waals surface area contributed by atoms with Gasteiger partial charge in [0.05, 0.1) is 36.8 Å². The minimum Gasteiger partial charge on any atom is -0.379 e. The smallest absolute Gasteiger partial charge is 0.145 e. The van der Waals surface area contributed by atoms with Crippen molar-refractivity contribution in [3.63, 3.8) is 0 Å². The normalized spacial score (nSPS) is 14.5. The summed E-state index contributed by atoms with van der Waals surface area (Å²) >= 11 is 3.39. The van der Waals surface area contributed by atoms with Crippen molar-refractivity contribution in [2.75, 3.05) is 26.3 Å². The molecule has 0 bridgehead atoms. The van der Waals surface area contributed by atoms with Gasteiger partial charge in [-0.05, 0) is 23.3 Å². The number of rotatable bonds is 6. The molecule has 1 aliphatic heterocycles. The van der Waals surface area contributed by atoms with Crippen LogP contribution in [0.3, 0.4) is 0 Å². The molecule has 0 spiro atoms. The second-order valence-corrected chi connectivity index (χ2v) is 9.45. The number of hydrogen-bond donors (Lipinski definition) is 0. The monoisotopic (exact) mass is 458 g/mol. The minimum atomic E-state index is 0.685. The molecular weight excluding hydrogens is 436 g/mol. The molecule has 3 heterocycles. The summed E-state index contributed by atoms with van der Waals surface area (Å²) in [7, 11) is 0. The van der Waals surface area contributed by atoms with Gasteiger partial charge in [-0.1, -0.05) is 42.5 Å². The number of benzene rings is 2. The van der Waals surface area contributed by atoms with E-state index in [1.165, 1.54) is 11.1 Å². The van der Waals surface area contributed by atoms with E-state index < -0.39 is 0 Å². The van der Waals surface area contributed by atoms with Crippen LogP contribution in [0.25, 0.3) is 21.3 Å². The molecule has 0 atom stereocenters. The van der Waals surface area contributed by atoms with E-state index >= 15 is 0 Å². The van der Waals surface area contributed by atoms with Crippen LogP contribution in [0, 0.1) is 11.3 Å². The van der Waals surface area contributed by atoms with Crippen molar-refractivity contribution >= 4 is 33.3 Å². The van der Waals surface area contributed by atoms with E-state index in [2.05, 4.69) is 46.7 Å². The van der Waals surface area contributed by atoms with Crippen LogP contribution in [0.2, 0.25) is 0 Å². The number of morpholine rings is 1.